The van der Waals surface area contributed by atoms with Crippen molar-refractivity contribution in [2.75, 3.05) is 7.11 Å². The molecule has 0 bridgehead atoms. The molecule has 0 aliphatic carbocycles. The number of ether oxygens (including phenoxy) is 1. The van der Waals surface area contributed by atoms with E-state index >= 15 is 0 Å². The molecule has 96 valence electrons. The van der Waals surface area contributed by atoms with E-state index in [2.05, 4.69) is 9.72 Å². The fourth-order valence-corrected chi connectivity index (χ4v) is 1.44. The van der Waals surface area contributed by atoms with E-state index in [9.17, 15) is 15.0 Å². The smallest absolute Gasteiger partial charge is 0.308 e. The standard InChI is InChI=1S/C11H11ClN2O4/c1-18-9(16)3-8(15)10(17)7-2-6(4-13)11(12)14-5-7/h2,5,8,10,15,17H,3H2,1H3. The fourth-order valence-electron chi connectivity index (χ4n) is 1.29. The second-order valence-electron chi connectivity index (χ2n) is 3.51. The van der Waals surface area contributed by atoms with E-state index in [1.54, 1.807) is 6.07 Å². The monoisotopic (exact) mass is 270 g/mol. The molecule has 0 aromatic carbocycles. The average molecular weight is 271 g/mol. The van der Waals surface area contributed by atoms with Gasteiger partial charge in [0.1, 0.15) is 17.3 Å². The molecule has 1 heterocycles. The van der Waals surface area contributed by atoms with Crippen molar-refractivity contribution in [3.8, 4) is 6.07 Å². The Bertz CT molecular complexity index is 486. The number of methoxy groups -OCH3 is 1. The highest BCUT2D eigenvalue weighted by Gasteiger charge is 2.22. The molecule has 2 atom stereocenters. The number of aliphatic hydroxyl groups is 2. The summed E-state index contributed by atoms with van der Waals surface area (Å²) in [7, 11) is 1.18. The van der Waals surface area contributed by atoms with E-state index in [0.29, 0.717) is 0 Å². The van der Waals surface area contributed by atoms with Crippen molar-refractivity contribution < 1.29 is 19.7 Å². The third-order valence-corrected chi connectivity index (χ3v) is 2.59. The third-order valence-electron chi connectivity index (χ3n) is 2.29. The van der Waals surface area contributed by atoms with Gasteiger partial charge in [0.05, 0.1) is 25.2 Å². The minimum absolute atomic E-state index is 0.0101. The molecule has 1 aromatic heterocycles. The van der Waals surface area contributed by atoms with Crippen LogP contribution in [-0.2, 0) is 9.53 Å². The van der Waals surface area contributed by atoms with Gasteiger partial charge < -0.3 is 14.9 Å². The number of aromatic nitrogens is 1. The molecule has 0 amide bonds. The van der Waals surface area contributed by atoms with Crippen molar-refractivity contribution in [3.05, 3.63) is 28.5 Å². The Balaban J connectivity index is 2.87. The van der Waals surface area contributed by atoms with Gasteiger partial charge >= 0.3 is 5.97 Å². The van der Waals surface area contributed by atoms with E-state index in [1.807, 2.05) is 0 Å². The van der Waals surface area contributed by atoms with Crippen molar-refractivity contribution >= 4 is 17.6 Å². The molecule has 2 N–H and O–H groups in total. The van der Waals surface area contributed by atoms with Crippen molar-refractivity contribution in [1.82, 2.24) is 4.98 Å². The molecule has 6 nitrogen and oxygen atoms in total. The zero-order valence-corrected chi connectivity index (χ0v) is 10.3. The molecule has 0 aliphatic rings. The second kappa shape index (κ2) is 6.31. The summed E-state index contributed by atoms with van der Waals surface area (Å²) in [5.41, 5.74) is 0.283. The number of rotatable bonds is 4. The zero-order valence-electron chi connectivity index (χ0n) is 9.50. The van der Waals surface area contributed by atoms with Gasteiger partial charge in [-0.25, -0.2) is 4.98 Å². The Morgan fingerprint density at radius 2 is 2.33 bits per heavy atom. The van der Waals surface area contributed by atoms with Crippen LogP contribution in [0.2, 0.25) is 5.15 Å². The van der Waals surface area contributed by atoms with Crippen LogP contribution in [0.3, 0.4) is 0 Å². The summed E-state index contributed by atoms with van der Waals surface area (Å²) < 4.78 is 4.37. The Kier molecular flexibility index (Phi) is 5.04. The maximum Gasteiger partial charge on any atom is 0.308 e. The SMILES string of the molecule is COC(=O)CC(O)C(O)c1cnc(Cl)c(C#N)c1. The van der Waals surface area contributed by atoms with Crippen molar-refractivity contribution in [2.24, 2.45) is 0 Å². The lowest BCUT2D eigenvalue weighted by atomic mass is 10.0. The molecular weight excluding hydrogens is 260 g/mol. The van der Waals surface area contributed by atoms with Gasteiger partial charge in [-0.2, -0.15) is 5.26 Å². The normalized spacial score (nSPS) is 13.5. The van der Waals surface area contributed by atoms with Gasteiger partial charge in [-0.15, -0.1) is 0 Å². The summed E-state index contributed by atoms with van der Waals surface area (Å²) in [6.45, 7) is 0. The molecule has 7 heteroatoms. The van der Waals surface area contributed by atoms with Crippen molar-refractivity contribution in [2.45, 2.75) is 18.6 Å². The van der Waals surface area contributed by atoms with Gasteiger partial charge in [0.25, 0.3) is 0 Å². The topological polar surface area (TPSA) is 103 Å². The highest BCUT2D eigenvalue weighted by molar-refractivity contribution is 6.30. The molecule has 1 rings (SSSR count). The molecule has 0 spiro atoms. The average Bonchev–Trinajstić information content (AvgIpc) is 2.38. The lowest BCUT2D eigenvalue weighted by molar-refractivity contribution is -0.144. The number of esters is 1. The minimum Gasteiger partial charge on any atom is -0.469 e. The Hall–Kier alpha value is -1.68. The first-order chi connectivity index (χ1) is 8.49. The predicted octanol–water partition coefficient (Wildman–Crippen LogP) is 0.564. The number of pyridine rings is 1. The van der Waals surface area contributed by atoms with Crippen LogP contribution in [0, 0.1) is 11.3 Å². The van der Waals surface area contributed by atoms with Crippen LogP contribution in [0.5, 0.6) is 0 Å². The summed E-state index contributed by atoms with van der Waals surface area (Å²) >= 11 is 5.64. The van der Waals surface area contributed by atoms with Crippen LogP contribution < -0.4 is 0 Å². The number of hydrogen-bond acceptors (Lipinski definition) is 6. The van der Waals surface area contributed by atoms with E-state index in [1.165, 1.54) is 19.4 Å². The van der Waals surface area contributed by atoms with Gasteiger partial charge in [0.2, 0.25) is 0 Å². The zero-order chi connectivity index (χ0) is 13.7. The molecule has 0 saturated heterocycles. The molecule has 18 heavy (non-hydrogen) atoms. The quantitative estimate of drug-likeness (QED) is 0.612. The van der Waals surface area contributed by atoms with Crippen LogP contribution in [0.1, 0.15) is 23.7 Å². The van der Waals surface area contributed by atoms with Gasteiger partial charge in [-0.3, -0.25) is 4.79 Å². The van der Waals surface area contributed by atoms with E-state index in [0.717, 1.165) is 0 Å². The van der Waals surface area contributed by atoms with Gasteiger partial charge in [0, 0.05) is 11.8 Å². The van der Waals surface area contributed by atoms with Crippen LogP contribution in [0.25, 0.3) is 0 Å². The summed E-state index contributed by atoms with van der Waals surface area (Å²) in [6, 6.07) is 3.11. The number of carbonyl (C=O) groups is 1. The second-order valence-corrected chi connectivity index (χ2v) is 3.87. The summed E-state index contributed by atoms with van der Waals surface area (Å²) in [5, 5.41) is 28.2. The summed E-state index contributed by atoms with van der Waals surface area (Å²) in [5.74, 6) is -0.649. The number of nitrogens with zero attached hydrogens (tertiary/aromatic N) is 2. The summed E-state index contributed by atoms with van der Waals surface area (Å²) in [4.78, 5) is 14.7. The molecule has 1 aromatic rings. The first-order valence-electron chi connectivity index (χ1n) is 4.98. The highest BCUT2D eigenvalue weighted by Crippen LogP contribution is 2.22. The number of hydrogen-bond donors (Lipinski definition) is 2. The van der Waals surface area contributed by atoms with Gasteiger partial charge in [-0.05, 0) is 6.07 Å². The van der Waals surface area contributed by atoms with Crippen LogP contribution >= 0.6 is 11.6 Å². The Labute approximate surface area is 108 Å². The molecule has 0 fully saturated rings. The summed E-state index contributed by atoms with van der Waals surface area (Å²) in [6.07, 6.45) is -1.82. The number of carbonyl (C=O) groups excluding carboxylic acids is 1. The number of aliphatic hydroxyl groups excluding tert-OH is 2. The van der Waals surface area contributed by atoms with E-state index < -0.39 is 18.2 Å². The molecule has 0 saturated carbocycles. The van der Waals surface area contributed by atoms with Crippen LogP contribution in [0.4, 0.5) is 0 Å². The fraction of sp³-hybridized carbons (Fsp3) is 0.364. The molecule has 0 radical (unpaired) electrons. The number of halogens is 1. The maximum atomic E-state index is 11.0. The first-order valence-corrected chi connectivity index (χ1v) is 5.36. The number of nitriles is 1. The maximum absolute atomic E-state index is 11.0. The predicted molar refractivity (Wildman–Crippen MR) is 61.6 cm³/mol. The van der Waals surface area contributed by atoms with E-state index in [-0.39, 0.29) is 22.7 Å². The van der Waals surface area contributed by atoms with Gasteiger partial charge in [0.15, 0.2) is 0 Å². The van der Waals surface area contributed by atoms with E-state index in [4.69, 9.17) is 16.9 Å². The van der Waals surface area contributed by atoms with Gasteiger partial charge in [-0.1, -0.05) is 11.6 Å². The molecular formula is C11H11ClN2O4. The highest BCUT2D eigenvalue weighted by atomic mass is 35.5. The third kappa shape index (κ3) is 3.40. The Morgan fingerprint density at radius 3 is 2.89 bits per heavy atom. The van der Waals surface area contributed by atoms with Crippen molar-refractivity contribution in [3.63, 3.8) is 0 Å². The lowest BCUT2D eigenvalue weighted by Crippen LogP contribution is -2.22. The minimum atomic E-state index is -1.35. The van der Waals surface area contributed by atoms with Crippen LogP contribution in [-0.4, -0.2) is 34.4 Å². The van der Waals surface area contributed by atoms with Crippen LogP contribution in [0.15, 0.2) is 12.3 Å². The Morgan fingerprint density at radius 1 is 1.67 bits per heavy atom. The first kappa shape index (κ1) is 14.4. The molecule has 0 aliphatic heterocycles. The lowest BCUT2D eigenvalue weighted by Gasteiger charge is -2.17. The van der Waals surface area contributed by atoms with Crippen molar-refractivity contribution in [1.29, 1.82) is 5.26 Å². The largest absolute Gasteiger partial charge is 0.469 e. The molecule has 2 unspecified atom stereocenters.